The van der Waals surface area contributed by atoms with Gasteiger partial charge in [-0.15, -0.1) is 0 Å². The topological polar surface area (TPSA) is 27.7 Å². The van der Waals surface area contributed by atoms with E-state index in [0.29, 0.717) is 0 Å². The SMILES string of the molecule is Cc1ccccc1N1CCN(CCCC2C=C(c3ccccc3)NO2)CC1. The largest absolute Gasteiger partial charge is 0.369 e. The number of piperazine rings is 1. The van der Waals surface area contributed by atoms with Crippen LogP contribution in [0.1, 0.15) is 24.0 Å². The third-order valence-electron chi connectivity index (χ3n) is 5.55. The molecule has 1 atom stereocenters. The van der Waals surface area contributed by atoms with Crippen molar-refractivity contribution in [3.8, 4) is 0 Å². The van der Waals surface area contributed by atoms with E-state index in [2.05, 4.69) is 76.8 Å². The molecule has 2 aromatic carbocycles. The van der Waals surface area contributed by atoms with Crippen molar-refractivity contribution in [2.24, 2.45) is 0 Å². The molecule has 0 radical (unpaired) electrons. The van der Waals surface area contributed by atoms with Gasteiger partial charge in [-0.05, 0) is 49.6 Å². The molecule has 0 aromatic heterocycles. The number of para-hydroxylation sites is 1. The van der Waals surface area contributed by atoms with Crippen molar-refractivity contribution in [1.29, 1.82) is 0 Å². The van der Waals surface area contributed by atoms with Gasteiger partial charge in [0.15, 0.2) is 0 Å². The molecule has 4 heteroatoms. The normalized spacial score (nSPS) is 20.4. The second-order valence-corrected chi connectivity index (χ2v) is 7.46. The van der Waals surface area contributed by atoms with Gasteiger partial charge in [-0.1, -0.05) is 48.5 Å². The highest BCUT2D eigenvalue weighted by Gasteiger charge is 2.20. The van der Waals surface area contributed by atoms with Gasteiger partial charge < -0.3 is 4.90 Å². The summed E-state index contributed by atoms with van der Waals surface area (Å²) in [6.07, 6.45) is 4.61. The summed E-state index contributed by atoms with van der Waals surface area (Å²) in [6, 6.07) is 19.1. The van der Waals surface area contributed by atoms with Crippen molar-refractivity contribution in [3.05, 3.63) is 71.8 Å². The second-order valence-electron chi connectivity index (χ2n) is 7.46. The lowest BCUT2D eigenvalue weighted by Crippen LogP contribution is -2.46. The van der Waals surface area contributed by atoms with Gasteiger partial charge >= 0.3 is 0 Å². The van der Waals surface area contributed by atoms with Crippen LogP contribution in [0.25, 0.3) is 5.70 Å². The lowest BCUT2D eigenvalue weighted by atomic mass is 10.1. The average molecular weight is 364 g/mol. The Morgan fingerprint density at radius 2 is 1.70 bits per heavy atom. The molecule has 2 heterocycles. The minimum atomic E-state index is 0.175. The summed E-state index contributed by atoms with van der Waals surface area (Å²) in [6.45, 7) is 7.87. The maximum Gasteiger partial charge on any atom is 0.106 e. The van der Waals surface area contributed by atoms with Crippen LogP contribution in [-0.4, -0.2) is 43.7 Å². The fourth-order valence-electron chi connectivity index (χ4n) is 3.95. The zero-order chi connectivity index (χ0) is 18.5. The molecule has 2 aliphatic heterocycles. The number of hydrogen-bond donors (Lipinski definition) is 1. The van der Waals surface area contributed by atoms with Crippen LogP contribution in [0.15, 0.2) is 60.7 Å². The van der Waals surface area contributed by atoms with E-state index in [1.54, 1.807) is 0 Å². The Balaban J connectivity index is 1.20. The van der Waals surface area contributed by atoms with Crippen molar-refractivity contribution in [1.82, 2.24) is 10.4 Å². The molecular formula is C23H29N3O. The molecule has 142 valence electrons. The van der Waals surface area contributed by atoms with E-state index in [1.165, 1.54) is 16.8 Å². The van der Waals surface area contributed by atoms with Crippen molar-refractivity contribution in [2.45, 2.75) is 25.9 Å². The van der Waals surface area contributed by atoms with Crippen molar-refractivity contribution in [2.75, 3.05) is 37.6 Å². The lowest BCUT2D eigenvalue weighted by molar-refractivity contribution is 0.0438. The van der Waals surface area contributed by atoms with Gasteiger partial charge in [0, 0.05) is 31.9 Å². The minimum absolute atomic E-state index is 0.175. The fraction of sp³-hybridized carbons (Fsp3) is 0.391. The zero-order valence-electron chi connectivity index (χ0n) is 16.1. The molecule has 1 fully saturated rings. The van der Waals surface area contributed by atoms with Crippen LogP contribution in [0.5, 0.6) is 0 Å². The predicted octanol–water partition coefficient (Wildman–Crippen LogP) is 3.84. The molecule has 0 bridgehead atoms. The number of aryl methyl sites for hydroxylation is 1. The molecule has 1 saturated heterocycles. The molecule has 1 unspecified atom stereocenters. The van der Waals surface area contributed by atoms with Crippen LogP contribution in [0.2, 0.25) is 0 Å². The summed E-state index contributed by atoms with van der Waals surface area (Å²) < 4.78 is 0. The highest BCUT2D eigenvalue weighted by molar-refractivity contribution is 5.64. The monoisotopic (exact) mass is 363 g/mol. The third kappa shape index (κ3) is 4.52. The summed E-state index contributed by atoms with van der Waals surface area (Å²) in [7, 11) is 0. The first-order chi connectivity index (χ1) is 13.3. The van der Waals surface area contributed by atoms with Crippen molar-refractivity contribution < 1.29 is 4.84 Å². The Bertz CT molecular complexity index is 766. The summed E-state index contributed by atoms with van der Waals surface area (Å²) in [5, 5.41) is 0. The smallest absolute Gasteiger partial charge is 0.106 e. The van der Waals surface area contributed by atoms with E-state index in [0.717, 1.165) is 51.3 Å². The van der Waals surface area contributed by atoms with E-state index in [-0.39, 0.29) is 6.10 Å². The number of anilines is 1. The van der Waals surface area contributed by atoms with Crippen molar-refractivity contribution in [3.63, 3.8) is 0 Å². The second kappa shape index (κ2) is 8.59. The Morgan fingerprint density at radius 3 is 2.48 bits per heavy atom. The standard InChI is InChI=1S/C23H29N3O/c1-19-8-5-6-12-23(19)26-16-14-25(15-17-26)13-7-11-21-18-22(24-27-21)20-9-3-2-4-10-20/h2-6,8-10,12,18,21,24H,7,11,13-17H2,1H3. The number of nitrogens with one attached hydrogen (secondary N) is 1. The average Bonchev–Trinajstić information content (AvgIpc) is 3.19. The Hall–Kier alpha value is -2.30. The number of nitrogens with zero attached hydrogens (tertiary/aromatic N) is 2. The van der Waals surface area contributed by atoms with Gasteiger partial charge in [0.1, 0.15) is 6.10 Å². The van der Waals surface area contributed by atoms with Crippen molar-refractivity contribution >= 4 is 11.4 Å². The van der Waals surface area contributed by atoms with E-state index < -0.39 is 0 Å². The van der Waals surface area contributed by atoms with Crippen LogP contribution in [0.3, 0.4) is 0 Å². The summed E-state index contributed by atoms with van der Waals surface area (Å²) >= 11 is 0. The predicted molar refractivity (Wildman–Crippen MR) is 111 cm³/mol. The minimum Gasteiger partial charge on any atom is -0.369 e. The molecular weight excluding hydrogens is 334 g/mol. The Morgan fingerprint density at radius 1 is 0.963 bits per heavy atom. The molecule has 27 heavy (non-hydrogen) atoms. The Kier molecular flexibility index (Phi) is 5.75. The van der Waals surface area contributed by atoms with Gasteiger partial charge in [0.25, 0.3) is 0 Å². The first-order valence-electron chi connectivity index (χ1n) is 10.0. The summed E-state index contributed by atoms with van der Waals surface area (Å²) in [5.41, 5.74) is 8.12. The van der Waals surface area contributed by atoms with Crippen LogP contribution >= 0.6 is 0 Å². The summed E-state index contributed by atoms with van der Waals surface area (Å²) in [4.78, 5) is 10.8. The molecule has 0 saturated carbocycles. The van der Waals surface area contributed by atoms with Crippen LogP contribution in [-0.2, 0) is 4.84 Å². The van der Waals surface area contributed by atoms with Gasteiger partial charge in [0.2, 0.25) is 0 Å². The number of hydroxylamine groups is 1. The number of hydrogen-bond acceptors (Lipinski definition) is 4. The van der Waals surface area contributed by atoms with Crippen LogP contribution < -0.4 is 10.4 Å². The van der Waals surface area contributed by atoms with Gasteiger partial charge in [-0.2, -0.15) is 0 Å². The number of rotatable bonds is 6. The maximum absolute atomic E-state index is 5.73. The quantitative estimate of drug-likeness (QED) is 0.844. The first kappa shape index (κ1) is 18.1. The molecule has 4 nitrogen and oxygen atoms in total. The van der Waals surface area contributed by atoms with E-state index >= 15 is 0 Å². The molecule has 0 aliphatic carbocycles. The van der Waals surface area contributed by atoms with E-state index in [1.807, 2.05) is 6.07 Å². The lowest BCUT2D eigenvalue weighted by Gasteiger charge is -2.36. The fourth-order valence-corrected chi connectivity index (χ4v) is 3.95. The molecule has 2 aromatic rings. The maximum atomic E-state index is 5.73. The van der Waals surface area contributed by atoms with E-state index in [4.69, 9.17) is 4.84 Å². The highest BCUT2D eigenvalue weighted by Crippen LogP contribution is 2.22. The highest BCUT2D eigenvalue weighted by atomic mass is 16.7. The molecule has 2 aliphatic rings. The molecule has 1 N–H and O–H groups in total. The molecule has 0 amide bonds. The van der Waals surface area contributed by atoms with Gasteiger partial charge in [0.05, 0.1) is 5.70 Å². The first-order valence-corrected chi connectivity index (χ1v) is 10.0. The zero-order valence-corrected chi connectivity index (χ0v) is 16.1. The molecule has 0 spiro atoms. The van der Waals surface area contributed by atoms with E-state index in [9.17, 15) is 0 Å². The van der Waals surface area contributed by atoms with Gasteiger partial charge in [-0.3, -0.25) is 15.2 Å². The van der Waals surface area contributed by atoms with Crippen LogP contribution in [0.4, 0.5) is 5.69 Å². The third-order valence-corrected chi connectivity index (χ3v) is 5.55. The summed E-state index contributed by atoms with van der Waals surface area (Å²) in [5.74, 6) is 0. The Labute approximate surface area is 162 Å². The van der Waals surface area contributed by atoms with Gasteiger partial charge in [-0.25, -0.2) is 0 Å². The molecule has 4 rings (SSSR count). The number of benzene rings is 2. The van der Waals surface area contributed by atoms with Crippen LogP contribution in [0, 0.1) is 6.92 Å².